The molecule has 148 valence electrons. The molecule has 10 heteroatoms. The minimum atomic E-state index is -0.594. The normalized spacial score (nSPS) is 19.6. The van der Waals surface area contributed by atoms with Crippen molar-refractivity contribution < 1.29 is 23.8 Å². The van der Waals surface area contributed by atoms with Crippen molar-refractivity contribution in [3.05, 3.63) is 15.7 Å². The lowest BCUT2D eigenvalue weighted by molar-refractivity contribution is 0.000913. The van der Waals surface area contributed by atoms with Crippen LogP contribution in [0.4, 0.5) is 4.79 Å². The quantitative estimate of drug-likeness (QED) is 0.653. The van der Waals surface area contributed by atoms with Crippen LogP contribution < -0.4 is 9.47 Å². The summed E-state index contributed by atoms with van der Waals surface area (Å²) < 4.78 is 16.4. The largest absolute Gasteiger partial charge is 0.489 e. The summed E-state index contributed by atoms with van der Waals surface area (Å²) in [6, 6.07) is -0.356. The van der Waals surface area contributed by atoms with E-state index in [4.69, 9.17) is 37.4 Å². The van der Waals surface area contributed by atoms with Crippen molar-refractivity contribution in [1.82, 2.24) is 14.8 Å². The van der Waals surface area contributed by atoms with Gasteiger partial charge in [-0.25, -0.2) is 4.79 Å². The molecule has 3 rings (SSSR count). The molecule has 0 aliphatic carbocycles. The topological polar surface area (TPSA) is 81.2 Å². The molecule has 1 saturated heterocycles. The summed E-state index contributed by atoms with van der Waals surface area (Å²) in [5.41, 5.74) is -0.455. The number of carbonyl (C=O) groups excluding carboxylic acids is 2. The summed E-state index contributed by atoms with van der Waals surface area (Å²) in [6.07, 6.45) is -0.420. The first-order valence-electron chi connectivity index (χ1n) is 8.47. The molecule has 2 aliphatic rings. The van der Waals surface area contributed by atoms with E-state index in [1.54, 1.807) is 30.6 Å². The van der Waals surface area contributed by atoms with E-state index in [1.807, 2.05) is 0 Å². The molecule has 0 bridgehead atoms. The predicted octanol–water partition coefficient (Wildman–Crippen LogP) is 2.85. The van der Waals surface area contributed by atoms with Gasteiger partial charge < -0.3 is 24.0 Å². The number of carbonyl (C=O) groups is 2. The van der Waals surface area contributed by atoms with Gasteiger partial charge >= 0.3 is 6.09 Å². The molecule has 27 heavy (non-hydrogen) atoms. The molecular weight excluding hydrogens is 397 g/mol. The molecule has 2 aliphatic heterocycles. The molecule has 0 radical (unpaired) electrons. The van der Waals surface area contributed by atoms with Crippen LogP contribution in [0.2, 0.25) is 10.2 Å². The van der Waals surface area contributed by atoms with Crippen molar-refractivity contribution in [3.63, 3.8) is 0 Å². The van der Waals surface area contributed by atoms with Crippen molar-refractivity contribution in [2.24, 2.45) is 0 Å². The minimum Gasteiger partial charge on any atom is -0.489 e. The van der Waals surface area contributed by atoms with Crippen LogP contribution >= 0.6 is 23.2 Å². The molecule has 3 heterocycles. The standard InChI is InChI=1S/C17H21Cl2N3O5/c1-17(2,3)27-16(24)21-5-6-22-9(7-21)8-26-12-10(15(22)23)14(25-4)20-13(19)11(12)18/h9H,5-8H2,1-4H3/t9-/m1/s1. The smallest absolute Gasteiger partial charge is 0.410 e. The Morgan fingerprint density at radius 3 is 2.63 bits per heavy atom. The maximum atomic E-state index is 13.1. The Kier molecular flexibility index (Phi) is 5.31. The van der Waals surface area contributed by atoms with E-state index < -0.39 is 11.7 Å². The van der Waals surface area contributed by atoms with E-state index >= 15 is 0 Å². The van der Waals surface area contributed by atoms with Crippen molar-refractivity contribution in [3.8, 4) is 11.6 Å². The van der Waals surface area contributed by atoms with Crippen molar-refractivity contribution in [1.29, 1.82) is 0 Å². The van der Waals surface area contributed by atoms with Gasteiger partial charge in [-0.3, -0.25) is 4.79 Å². The van der Waals surface area contributed by atoms with Crippen LogP contribution in [0, 0.1) is 0 Å². The fraction of sp³-hybridized carbons (Fsp3) is 0.588. The number of pyridine rings is 1. The Bertz CT molecular complexity index is 781. The predicted molar refractivity (Wildman–Crippen MR) is 98.9 cm³/mol. The molecule has 1 atom stereocenters. The van der Waals surface area contributed by atoms with Crippen LogP contribution in [0.25, 0.3) is 0 Å². The van der Waals surface area contributed by atoms with Crippen LogP contribution in [0.15, 0.2) is 0 Å². The minimum absolute atomic E-state index is 0.00433. The van der Waals surface area contributed by atoms with Gasteiger partial charge in [0.2, 0.25) is 5.88 Å². The number of aromatic nitrogens is 1. The lowest BCUT2D eigenvalue weighted by Gasteiger charge is -2.40. The summed E-state index contributed by atoms with van der Waals surface area (Å²) in [6.45, 7) is 6.54. The molecule has 1 aromatic heterocycles. The molecule has 8 nitrogen and oxygen atoms in total. The second-order valence-corrected chi connectivity index (χ2v) is 8.06. The summed E-state index contributed by atoms with van der Waals surface area (Å²) in [5.74, 6) is -0.115. The molecule has 0 spiro atoms. The highest BCUT2D eigenvalue weighted by atomic mass is 35.5. The number of ether oxygens (including phenoxy) is 3. The third-order valence-corrected chi connectivity index (χ3v) is 4.96. The number of hydrogen-bond donors (Lipinski definition) is 0. The third-order valence-electron chi connectivity index (χ3n) is 4.24. The van der Waals surface area contributed by atoms with Gasteiger partial charge in [0.05, 0.1) is 13.2 Å². The van der Waals surface area contributed by atoms with Gasteiger partial charge in [-0.2, -0.15) is 4.98 Å². The first-order chi connectivity index (χ1) is 12.6. The van der Waals surface area contributed by atoms with Gasteiger partial charge in [-0.15, -0.1) is 0 Å². The van der Waals surface area contributed by atoms with Gasteiger partial charge in [0.25, 0.3) is 5.91 Å². The van der Waals surface area contributed by atoms with Gasteiger partial charge in [0.15, 0.2) is 10.9 Å². The van der Waals surface area contributed by atoms with Crippen LogP contribution in [0.3, 0.4) is 0 Å². The molecular formula is C17H21Cl2N3O5. The average molecular weight is 418 g/mol. The Labute approximate surface area is 167 Å². The summed E-state index contributed by atoms with van der Waals surface area (Å²) in [7, 11) is 1.39. The van der Waals surface area contributed by atoms with Crippen molar-refractivity contribution in [2.45, 2.75) is 32.4 Å². The fourth-order valence-corrected chi connectivity index (χ4v) is 3.40. The summed E-state index contributed by atoms with van der Waals surface area (Å²) in [5, 5.41) is 0.0555. The van der Waals surface area contributed by atoms with Gasteiger partial charge in [-0.05, 0) is 20.8 Å². The molecule has 1 aromatic rings. The van der Waals surface area contributed by atoms with E-state index in [0.717, 1.165) is 0 Å². The zero-order valence-electron chi connectivity index (χ0n) is 15.5. The summed E-state index contributed by atoms with van der Waals surface area (Å²) >= 11 is 12.2. The lowest BCUT2D eigenvalue weighted by Crippen LogP contribution is -2.58. The molecule has 0 aromatic carbocycles. The Hall–Kier alpha value is -1.93. The number of hydrogen-bond acceptors (Lipinski definition) is 6. The third kappa shape index (κ3) is 3.87. The van der Waals surface area contributed by atoms with Crippen LogP contribution in [-0.2, 0) is 4.74 Å². The highest BCUT2D eigenvalue weighted by molar-refractivity contribution is 6.42. The van der Waals surface area contributed by atoms with Crippen LogP contribution in [-0.4, -0.2) is 71.8 Å². The monoisotopic (exact) mass is 417 g/mol. The highest BCUT2D eigenvalue weighted by Crippen LogP contribution is 2.41. The highest BCUT2D eigenvalue weighted by Gasteiger charge is 2.40. The van der Waals surface area contributed by atoms with Gasteiger partial charge in [0, 0.05) is 19.6 Å². The number of amides is 2. The number of nitrogens with zero attached hydrogens (tertiary/aromatic N) is 3. The second kappa shape index (κ2) is 7.24. The Balaban J connectivity index is 1.87. The maximum Gasteiger partial charge on any atom is 0.410 e. The fourth-order valence-electron chi connectivity index (χ4n) is 3.05. The van der Waals surface area contributed by atoms with Crippen LogP contribution in [0.1, 0.15) is 31.1 Å². The second-order valence-electron chi connectivity index (χ2n) is 7.32. The first kappa shape index (κ1) is 19.8. The summed E-state index contributed by atoms with van der Waals surface area (Å²) in [4.78, 5) is 32.7. The molecule has 0 saturated carbocycles. The number of fused-ring (bicyclic) bond motifs is 2. The zero-order valence-corrected chi connectivity index (χ0v) is 17.1. The molecule has 0 N–H and O–H groups in total. The average Bonchev–Trinajstić information content (AvgIpc) is 2.74. The van der Waals surface area contributed by atoms with Crippen molar-refractivity contribution >= 4 is 35.2 Å². The van der Waals surface area contributed by atoms with Gasteiger partial charge in [0.1, 0.15) is 22.8 Å². The molecule has 2 amide bonds. The van der Waals surface area contributed by atoms with E-state index in [9.17, 15) is 9.59 Å². The Morgan fingerprint density at radius 2 is 2.00 bits per heavy atom. The van der Waals surface area contributed by atoms with Crippen molar-refractivity contribution in [2.75, 3.05) is 33.4 Å². The zero-order chi connectivity index (χ0) is 19.9. The van der Waals surface area contributed by atoms with E-state index in [2.05, 4.69) is 4.98 Å². The maximum absolute atomic E-state index is 13.1. The van der Waals surface area contributed by atoms with E-state index in [0.29, 0.717) is 13.1 Å². The van der Waals surface area contributed by atoms with Gasteiger partial charge in [-0.1, -0.05) is 23.2 Å². The first-order valence-corrected chi connectivity index (χ1v) is 9.22. The molecule has 1 fully saturated rings. The molecule has 0 unspecified atom stereocenters. The number of rotatable bonds is 1. The van der Waals surface area contributed by atoms with E-state index in [-0.39, 0.29) is 52.5 Å². The lowest BCUT2D eigenvalue weighted by atomic mass is 10.1. The SMILES string of the molecule is COc1nc(Cl)c(Cl)c2c1C(=O)N1CCN(C(=O)OC(C)(C)C)C[C@@H]1CO2. The van der Waals surface area contributed by atoms with Crippen LogP contribution in [0.5, 0.6) is 11.6 Å². The number of piperazine rings is 1. The number of halogens is 2. The van der Waals surface area contributed by atoms with E-state index in [1.165, 1.54) is 7.11 Å². The Morgan fingerprint density at radius 1 is 1.30 bits per heavy atom. The number of methoxy groups -OCH3 is 1.